The molecule has 1 saturated carbocycles. The summed E-state index contributed by atoms with van der Waals surface area (Å²) in [4.78, 5) is 24.2. The number of nitrogens with one attached hydrogen (secondary N) is 1. The average molecular weight is 183 g/mol. The van der Waals surface area contributed by atoms with Crippen molar-refractivity contribution < 1.29 is 9.90 Å². The molecule has 0 amide bonds. The SMILES string of the molecule is Nc1[nH]c(=O)n(C2CC2)c1C(=O)O. The average Bonchev–Trinajstić information content (AvgIpc) is 2.77. The van der Waals surface area contributed by atoms with Gasteiger partial charge in [0, 0.05) is 6.04 Å². The van der Waals surface area contributed by atoms with Crippen molar-refractivity contribution in [3.8, 4) is 0 Å². The maximum absolute atomic E-state index is 11.2. The quantitative estimate of drug-likeness (QED) is 0.590. The van der Waals surface area contributed by atoms with Crippen molar-refractivity contribution in [3.63, 3.8) is 0 Å². The summed E-state index contributed by atoms with van der Waals surface area (Å²) in [6, 6.07) is 0.0205. The number of aromatic amines is 1. The number of hydrogen-bond donors (Lipinski definition) is 3. The molecule has 70 valence electrons. The highest BCUT2D eigenvalue weighted by Crippen LogP contribution is 2.35. The predicted octanol–water partition coefficient (Wildman–Crippen LogP) is -0.208. The van der Waals surface area contributed by atoms with Gasteiger partial charge in [0.2, 0.25) is 0 Å². The summed E-state index contributed by atoms with van der Waals surface area (Å²) in [6.07, 6.45) is 1.69. The molecule has 0 spiro atoms. The van der Waals surface area contributed by atoms with E-state index in [1.165, 1.54) is 4.57 Å². The molecule has 2 rings (SSSR count). The number of hydrogen-bond acceptors (Lipinski definition) is 3. The van der Waals surface area contributed by atoms with Crippen LogP contribution in [-0.2, 0) is 0 Å². The van der Waals surface area contributed by atoms with Crippen molar-refractivity contribution in [1.29, 1.82) is 0 Å². The van der Waals surface area contributed by atoms with Gasteiger partial charge in [0.25, 0.3) is 0 Å². The molecule has 0 radical (unpaired) electrons. The van der Waals surface area contributed by atoms with Crippen LogP contribution in [0, 0.1) is 0 Å². The van der Waals surface area contributed by atoms with E-state index in [9.17, 15) is 9.59 Å². The summed E-state index contributed by atoms with van der Waals surface area (Å²) in [5, 5.41) is 8.78. The minimum atomic E-state index is -1.16. The van der Waals surface area contributed by atoms with Gasteiger partial charge in [0.05, 0.1) is 0 Å². The van der Waals surface area contributed by atoms with Gasteiger partial charge in [-0.3, -0.25) is 9.55 Å². The van der Waals surface area contributed by atoms with Crippen molar-refractivity contribution >= 4 is 11.8 Å². The lowest BCUT2D eigenvalue weighted by Crippen LogP contribution is -2.19. The van der Waals surface area contributed by atoms with E-state index in [1.54, 1.807) is 0 Å². The largest absolute Gasteiger partial charge is 0.476 e. The van der Waals surface area contributed by atoms with Gasteiger partial charge < -0.3 is 10.8 Å². The van der Waals surface area contributed by atoms with Crippen molar-refractivity contribution in [1.82, 2.24) is 9.55 Å². The van der Waals surface area contributed by atoms with Gasteiger partial charge in [-0.2, -0.15) is 0 Å². The summed E-state index contributed by atoms with van der Waals surface area (Å²) in [5.74, 6) is -1.23. The Morgan fingerprint density at radius 3 is 2.69 bits per heavy atom. The second-order valence-electron chi connectivity index (χ2n) is 3.10. The smallest absolute Gasteiger partial charge is 0.356 e. The first kappa shape index (κ1) is 7.90. The molecule has 4 N–H and O–H groups in total. The van der Waals surface area contributed by atoms with Gasteiger partial charge in [-0.1, -0.05) is 0 Å². The Morgan fingerprint density at radius 2 is 2.23 bits per heavy atom. The van der Waals surface area contributed by atoms with Crippen molar-refractivity contribution in [3.05, 3.63) is 16.2 Å². The molecule has 1 heterocycles. The summed E-state index contributed by atoms with van der Waals surface area (Å²) in [5.41, 5.74) is 4.80. The van der Waals surface area contributed by atoms with E-state index in [-0.39, 0.29) is 17.6 Å². The normalized spacial score (nSPS) is 16.0. The van der Waals surface area contributed by atoms with E-state index >= 15 is 0 Å². The number of aromatic carboxylic acids is 1. The highest BCUT2D eigenvalue weighted by molar-refractivity contribution is 5.90. The zero-order valence-corrected chi connectivity index (χ0v) is 6.78. The first-order chi connectivity index (χ1) is 6.11. The minimum Gasteiger partial charge on any atom is -0.476 e. The van der Waals surface area contributed by atoms with E-state index in [2.05, 4.69) is 4.98 Å². The third-order valence-electron chi connectivity index (χ3n) is 2.07. The minimum absolute atomic E-state index is 0.0205. The van der Waals surface area contributed by atoms with E-state index in [0.29, 0.717) is 0 Å². The zero-order valence-electron chi connectivity index (χ0n) is 6.78. The number of nitrogen functional groups attached to an aromatic ring is 1. The van der Waals surface area contributed by atoms with Gasteiger partial charge in [0.15, 0.2) is 5.69 Å². The second kappa shape index (κ2) is 2.38. The number of carboxylic acids is 1. The third-order valence-corrected chi connectivity index (χ3v) is 2.07. The molecule has 0 unspecified atom stereocenters. The summed E-state index contributed by atoms with van der Waals surface area (Å²) < 4.78 is 1.22. The topological polar surface area (TPSA) is 101 Å². The number of aromatic nitrogens is 2. The van der Waals surface area contributed by atoms with Crippen LogP contribution in [0.5, 0.6) is 0 Å². The molecule has 1 fully saturated rings. The lowest BCUT2D eigenvalue weighted by atomic mass is 10.4. The molecule has 1 aromatic heterocycles. The maximum atomic E-state index is 11.2. The van der Waals surface area contributed by atoms with Gasteiger partial charge >= 0.3 is 11.7 Å². The first-order valence-corrected chi connectivity index (χ1v) is 3.94. The summed E-state index contributed by atoms with van der Waals surface area (Å²) >= 11 is 0. The molecular weight excluding hydrogens is 174 g/mol. The van der Waals surface area contributed by atoms with Crippen molar-refractivity contribution in [2.45, 2.75) is 18.9 Å². The molecule has 0 aromatic carbocycles. The molecule has 1 aromatic rings. The Morgan fingerprint density at radius 1 is 1.62 bits per heavy atom. The standard InChI is InChI=1S/C7H9N3O3/c8-5-4(6(11)12)10(3-1-2-3)7(13)9-5/h3H,1-2,8H2,(H,9,13)(H,11,12). The fourth-order valence-electron chi connectivity index (χ4n) is 1.37. The van der Waals surface area contributed by atoms with Crippen LogP contribution in [0.4, 0.5) is 5.82 Å². The monoisotopic (exact) mass is 183 g/mol. The number of nitrogens with two attached hydrogens (primary N) is 1. The first-order valence-electron chi connectivity index (χ1n) is 3.94. The number of carbonyl (C=O) groups is 1. The van der Waals surface area contributed by atoms with E-state index in [1.807, 2.05) is 0 Å². The molecule has 0 bridgehead atoms. The number of anilines is 1. The Kier molecular flexibility index (Phi) is 1.45. The molecule has 13 heavy (non-hydrogen) atoms. The van der Waals surface area contributed by atoms with Crippen LogP contribution in [0.3, 0.4) is 0 Å². The fraction of sp³-hybridized carbons (Fsp3) is 0.429. The predicted molar refractivity (Wildman–Crippen MR) is 44.7 cm³/mol. The van der Waals surface area contributed by atoms with E-state index in [0.717, 1.165) is 12.8 Å². The molecule has 1 aliphatic carbocycles. The van der Waals surface area contributed by atoms with Gasteiger partial charge in [0.1, 0.15) is 5.82 Å². The molecule has 6 nitrogen and oxygen atoms in total. The molecule has 6 heteroatoms. The van der Waals surface area contributed by atoms with Crippen molar-refractivity contribution in [2.75, 3.05) is 5.73 Å². The Balaban J connectivity index is 2.63. The Bertz CT molecular complexity index is 413. The highest BCUT2D eigenvalue weighted by atomic mass is 16.4. The summed E-state index contributed by atoms with van der Waals surface area (Å²) in [7, 11) is 0. The van der Waals surface area contributed by atoms with Crippen LogP contribution in [0.25, 0.3) is 0 Å². The zero-order chi connectivity index (χ0) is 9.59. The lowest BCUT2D eigenvalue weighted by molar-refractivity contribution is 0.0685. The Labute approximate surface area is 73.0 Å². The van der Waals surface area contributed by atoms with Gasteiger partial charge in [-0.05, 0) is 12.8 Å². The van der Waals surface area contributed by atoms with E-state index in [4.69, 9.17) is 10.8 Å². The number of H-pyrrole nitrogens is 1. The van der Waals surface area contributed by atoms with Crippen LogP contribution >= 0.6 is 0 Å². The second-order valence-corrected chi connectivity index (χ2v) is 3.10. The van der Waals surface area contributed by atoms with Crippen LogP contribution in [-0.4, -0.2) is 20.6 Å². The number of carboxylic acid groups (broad SMARTS) is 1. The molecule has 0 aliphatic heterocycles. The fourth-order valence-corrected chi connectivity index (χ4v) is 1.37. The molecular formula is C7H9N3O3. The number of rotatable bonds is 2. The summed E-state index contributed by atoms with van der Waals surface area (Å²) in [6.45, 7) is 0. The third kappa shape index (κ3) is 1.10. The maximum Gasteiger partial charge on any atom is 0.356 e. The molecule has 0 atom stereocenters. The van der Waals surface area contributed by atoms with Crippen LogP contribution in [0.2, 0.25) is 0 Å². The van der Waals surface area contributed by atoms with Gasteiger partial charge in [-0.25, -0.2) is 9.59 Å². The number of imidazole rings is 1. The lowest BCUT2D eigenvalue weighted by Gasteiger charge is -2.00. The van der Waals surface area contributed by atoms with Crippen LogP contribution in [0.15, 0.2) is 4.79 Å². The molecule has 0 saturated heterocycles. The molecule has 1 aliphatic rings. The van der Waals surface area contributed by atoms with Crippen LogP contribution in [0.1, 0.15) is 29.4 Å². The number of nitrogens with zero attached hydrogens (tertiary/aromatic N) is 1. The van der Waals surface area contributed by atoms with Crippen LogP contribution < -0.4 is 11.4 Å². The van der Waals surface area contributed by atoms with E-state index < -0.39 is 11.7 Å². The Hall–Kier alpha value is -1.72. The highest BCUT2D eigenvalue weighted by Gasteiger charge is 2.31. The van der Waals surface area contributed by atoms with Gasteiger partial charge in [-0.15, -0.1) is 0 Å². The van der Waals surface area contributed by atoms with Crippen molar-refractivity contribution in [2.24, 2.45) is 0 Å².